The van der Waals surface area contributed by atoms with Gasteiger partial charge in [0.25, 0.3) is 0 Å². The summed E-state index contributed by atoms with van der Waals surface area (Å²) in [5.74, 6) is -10.5. The number of anilines is 1. The molecule has 712 valence electrons. The number of carbonyl (C=O) groups is 15. The third-order valence-electron chi connectivity index (χ3n) is 20.9. The number of aromatic nitrogens is 3. The molecule has 4 aromatic rings. The molecule has 6 rings (SSSR count). The lowest BCUT2D eigenvalue weighted by Gasteiger charge is -2.30. The highest BCUT2D eigenvalue weighted by atomic mass is 127. The number of ether oxygens (including phenoxy) is 4. The molecule has 43 heteroatoms. The molecule has 4 atom stereocenters. The number of nitrogens with one attached hydrogen (secondary N) is 10. The van der Waals surface area contributed by atoms with Crippen LogP contribution in [0.2, 0.25) is 0 Å². The molecule has 0 aliphatic carbocycles. The maximum atomic E-state index is 14.2. The zero-order valence-electron chi connectivity index (χ0n) is 72.9. The fourth-order valence-electron chi connectivity index (χ4n) is 14.0. The second-order valence-corrected chi connectivity index (χ2v) is 32.3. The Morgan fingerprint density at radius 2 is 0.899 bits per heavy atom. The Labute approximate surface area is 762 Å². The summed E-state index contributed by atoms with van der Waals surface area (Å²) in [7, 11) is 0. The number of unbranched alkanes of at least 4 members (excludes halogenated alkanes) is 4. The summed E-state index contributed by atoms with van der Waals surface area (Å²) in [5.41, 5.74) is 5.37. The summed E-state index contributed by atoms with van der Waals surface area (Å²) in [5, 5.41) is 92.8. The second-order valence-electron chi connectivity index (χ2n) is 31.0. The van der Waals surface area contributed by atoms with Crippen LogP contribution in [-0.4, -0.2) is 331 Å². The summed E-state index contributed by atoms with van der Waals surface area (Å²) < 4.78 is 25.4. The van der Waals surface area contributed by atoms with Crippen molar-refractivity contribution in [2.75, 3.05) is 162 Å². The Morgan fingerprint density at radius 1 is 0.411 bits per heavy atom. The van der Waals surface area contributed by atoms with Gasteiger partial charge in [-0.3, -0.25) is 67.4 Å². The molecule has 3 heterocycles. The van der Waals surface area contributed by atoms with Gasteiger partial charge in [0.15, 0.2) is 0 Å². The van der Waals surface area contributed by atoms with E-state index in [-0.39, 0.29) is 186 Å². The maximum Gasteiger partial charge on any atom is 0.326 e. The number of amides is 10. The van der Waals surface area contributed by atoms with Crippen LogP contribution in [0.5, 0.6) is 0 Å². The molecule has 42 nitrogen and oxygen atoms in total. The predicted octanol–water partition coefficient (Wildman–Crippen LogP) is 1.78. The molecule has 129 heavy (non-hydrogen) atoms. The highest BCUT2D eigenvalue weighted by Crippen LogP contribution is 2.41. The Morgan fingerprint density at radius 3 is 1.50 bits per heavy atom. The average Bonchev–Trinajstić information content (AvgIpc) is 1.62. The van der Waals surface area contributed by atoms with Gasteiger partial charge in [-0.05, 0) is 135 Å². The SMILES string of the molecule is O=C(O)CCC(NC(=O)NC(CCCCNC(=O)CCCCCNC(=O)CCC(NC(=O)CCOCCOCCOCCOCCNC(=O)CCC(=O)N1Cc2ccccc2-c2c(nnn2CCCNC(=O)CN2CCNCCN(CC(=O)O)CCN(CC(=O)O)CC2)-c2ccccc21)C(=O)NC(CCCCNC(=O)CCCc1ccc(I)cc1)C(=O)O)C(=O)O)C(=O)O. The predicted molar refractivity (Wildman–Crippen MR) is 477 cm³/mol. The number of hydrogen-bond donors (Lipinski definition) is 16. The van der Waals surface area contributed by atoms with Crippen molar-refractivity contribution in [1.82, 2.24) is 82.9 Å². The normalized spacial score (nSPS) is 14.1. The fourth-order valence-corrected chi connectivity index (χ4v) is 14.3. The van der Waals surface area contributed by atoms with Gasteiger partial charge in [0.2, 0.25) is 47.3 Å². The van der Waals surface area contributed by atoms with Crippen LogP contribution in [-0.2, 0) is 106 Å². The van der Waals surface area contributed by atoms with Gasteiger partial charge in [-0.2, -0.15) is 0 Å². The Kier molecular flexibility index (Phi) is 51.0. The molecule has 0 radical (unpaired) electrons. The fraction of sp³-hybridized carbons (Fsp3) is 0.593. The molecule has 1 saturated heterocycles. The second kappa shape index (κ2) is 61.5. The summed E-state index contributed by atoms with van der Waals surface area (Å²) in [4.78, 5) is 195. The quantitative estimate of drug-likeness (QED) is 0.0221. The van der Waals surface area contributed by atoms with E-state index in [2.05, 4.69) is 86.1 Å². The maximum absolute atomic E-state index is 14.2. The number of para-hydroxylation sites is 1. The van der Waals surface area contributed by atoms with Crippen LogP contribution in [0.3, 0.4) is 0 Å². The number of aliphatic carboxylic acids is 6. The van der Waals surface area contributed by atoms with Crippen molar-refractivity contribution in [3.8, 4) is 22.5 Å². The first kappa shape index (κ1) is 107. The number of halogens is 1. The smallest absolute Gasteiger partial charge is 0.326 e. The zero-order chi connectivity index (χ0) is 93.5. The standard InChI is InChI=1S/C86H126IN17O25/c87-62-25-23-60(24-26-62)14-12-22-71(106)90-36-10-7-18-66(83(119)120)95-82(118)65(27-29-72(107)91-34-9-1-2-21-70(105)89-35-11-8-19-67(84(121)122)96-86(125)97-68(85(123)124)28-32-77(112)113)94-74(109)33-48-126-50-52-128-54-55-129-53-51-127-49-40-93-73(108)30-31-76(111)103-56-61-15-3-4-16-63(61)81-80(64-17-5-6-20-69(64)103)98-99-104(81)41-13-37-92-75(110)57-100-42-38-88-39-43-101(58-78(114)115)45-47-102(46-44-100)59-79(116)117/h3-6,15-17,20,23-26,65-68,88H,1-2,7-14,18-19,21-22,27-59H2,(H,89,105)(H,90,106)(H,91,107)(H,92,110)(H,93,108)(H,94,109)(H,95,118)(H,112,113)(H,114,115)(H,116,117)(H,119,120)(H,121,122)(H,123,124)(H2,96,97,125). The van der Waals surface area contributed by atoms with Crippen molar-refractivity contribution >= 4 is 117 Å². The van der Waals surface area contributed by atoms with E-state index in [9.17, 15) is 97.5 Å². The average molecular weight is 1920 g/mol. The Hall–Kier alpha value is -10.9. The Bertz CT molecular complexity index is 4240. The summed E-state index contributed by atoms with van der Waals surface area (Å²) in [6.07, 6.45) is 3.45. The highest BCUT2D eigenvalue weighted by molar-refractivity contribution is 14.1. The topological polar surface area (TPSA) is 578 Å². The molecule has 0 spiro atoms. The number of hydrogen-bond acceptors (Lipinski definition) is 25. The van der Waals surface area contributed by atoms with E-state index >= 15 is 0 Å². The number of rotatable bonds is 62. The van der Waals surface area contributed by atoms with Gasteiger partial charge in [-0.25, -0.2) is 23.9 Å². The van der Waals surface area contributed by atoms with Gasteiger partial charge < -0.3 is 108 Å². The molecular formula is C86H126IN17O25. The largest absolute Gasteiger partial charge is 0.481 e. The van der Waals surface area contributed by atoms with Gasteiger partial charge in [0.05, 0.1) is 90.4 Å². The van der Waals surface area contributed by atoms with Gasteiger partial charge in [-0.15, -0.1) is 5.10 Å². The first-order valence-electron chi connectivity index (χ1n) is 43.8. The van der Waals surface area contributed by atoms with Crippen molar-refractivity contribution in [2.45, 2.75) is 172 Å². The Balaban J connectivity index is 0.844. The van der Waals surface area contributed by atoms with Crippen molar-refractivity contribution in [3.63, 3.8) is 0 Å². The lowest BCUT2D eigenvalue weighted by atomic mass is 9.95. The van der Waals surface area contributed by atoms with Crippen LogP contribution in [0.1, 0.15) is 140 Å². The van der Waals surface area contributed by atoms with E-state index in [1.54, 1.807) is 19.4 Å². The van der Waals surface area contributed by atoms with Gasteiger partial charge >= 0.3 is 41.8 Å². The van der Waals surface area contributed by atoms with Crippen LogP contribution in [0.4, 0.5) is 10.5 Å². The van der Waals surface area contributed by atoms with Gasteiger partial charge in [-0.1, -0.05) is 66.2 Å². The minimum atomic E-state index is -1.55. The molecule has 3 aromatic carbocycles. The van der Waals surface area contributed by atoms with E-state index in [1.165, 1.54) is 0 Å². The molecule has 2 aliphatic rings. The van der Waals surface area contributed by atoms with E-state index in [0.29, 0.717) is 147 Å². The van der Waals surface area contributed by atoms with Crippen molar-refractivity contribution in [1.29, 1.82) is 0 Å². The lowest BCUT2D eigenvalue weighted by Crippen LogP contribution is -2.52. The molecule has 0 saturated carbocycles. The monoisotopic (exact) mass is 1920 g/mol. The number of benzene rings is 3. The number of carboxylic acids is 6. The number of urea groups is 1. The summed E-state index contributed by atoms with van der Waals surface area (Å²) in [6.45, 7) is 6.40. The van der Waals surface area contributed by atoms with E-state index in [4.69, 9.17) is 24.1 Å². The molecule has 0 bridgehead atoms. The first-order chi connectivity index (χ1) is 62.1. The number of carboxylic acid groups (broad SMARTS) is 6. The third-order valence-corrected chi connectivity index (χ3v) is 21.6. The minimum absolute atomic E-state index is 0.0108. The van der Waals surface area contributed by atoms with E-state index in [1.807, 2.05) is 77.7 Å². The van der Waals surface area contributed by atoms with Crippen LogP contribution in [0, 0.1) is 3.57 Å². The number of carbonyl (C=O) groups excluding carboxylic acids is 9. The van der Waals surface area contributed by atoms with Crippen LogP contribution < -0.4 is 58.1 Å². The molecule has 10 amide bonds. The molecule has 4 unspecified atom stereocenters. The van der Waals surface area contributed by atoms with Crippen LogP contribution in [0.25, 0.3) is 22.5 Å². The van der Waals surface area contributed by atoms with Gasteiger partial charge in [0.1, 0.15) is 29.9 Å². The number of fused-ring (bicyclic) bond motifs is 5. The highest BCUT2D eigenvalue weighted by Gasteiger charge is 2.32. The summed E-state index contributed by atoms with van der Waals surface area (Å²) >= 11 is 2.22. The van der Waals surface area contributed by atoms with Gasteiger partial charge in [0, 0.05) is 151 Å². The van der Waals surface area contributed by atoms with Crippen molar-refractivity contribution in [3.05, 3.63) is 87.5 Å². The lowest BCUT2D eigenvalue weighted by molar-refractivity contribution is -0.143. The number of nitrogens with zero attached hydrogens (tertiary/aromatic N) is 7. The van der Waals surface area contributed by atoms with E-state index in [0.717, 1.165) is 32.4 Å². The molecule has 1 aromatic heterocycles. The van der Waals surface area contributed by atoms with Crippen LogP contribution in [0.15, 0.2) is 72.8 Å². The molecular weight excluding hydrogens is 1800 g/mol. The molecule has 2 aliphatic heterocycles. The zero-order valence-corrected chi connectivity index (χ0v) is 75.1. The van der Waals surface area contributed by atoms with Crippen LogP contribution >= 0.6 is 22.6 Å². The third kappa shape index (κ3) is 44.3. The van der Waals surface area contributed by atoms with E-state index < -0.39 is 96.6 Å². The molecule has 16 N–H and O–H groups in total. The van der Waals surface area contributed by atoms with Crippen molar-refractivity contribution in [2.24, 2.45) is 0 Å². The first-order valence-corrected chi connectivity index (χ1v) is 44.9. The minimum Gasteiger partial charge on any atom is -0.481 e. The number of aryl methyl sites for hydroxylation is 2. The van der Waals surface area contributed by atoms with Crippen molar-refractivity contribution < 1.29 is 122 Å². The molecule has 1 fully saturated rings. The summed E-state index contributed by atoms with van der Waals surface area (Å²) in [6, 6.07) is 16.4.